The number of nitrogens with one attached hydrogen (secondary N) is 1. The molecule has 29 heavy (non-hydrogen) atoms. The quantitative estimate of drug-likeness (QED) is 0.463. The van der Waals surface area contributed by atoms with E-state index in [-0.39, 0.29) is 23.3 Å². The van der Waals surface area contributed by atoms with Crippen molar-refractivity contribution >= 4 is 28.6 Å². The molecule has 1 heterocycles. The van der Waals surface area contributed by atoms with Gasteiger partial charge in [0.1, 0.15) is 5.82 Å². The van der Waals surface area contributed by atoms with Crippen LogP contribution in [-0.2, 0) is 11.3 Å². The fourth-order valence-corrected chi connectivity index (χ4v) is 3.98. The van der Waals surface area contributed by atoms with Crippen LogP contribution in [0.3, 0.4) is 0 Å². The Labute approximate surface area is 173 Å². The number of amides is 1. The van der Waals surface area contributed by atoms with E-state index in [4.69, 9.17) is 0 Å². The third-order valence-corrected chi connectivity index (χ3v) is 5.74. The lowest BCUT2D eigenvalue weighted by Gasteiger charge is -2.19. The highest BCUT2D eigenvalue weighted by molar-refractivity contribution is 8.00. The first-order valence-electron chi connectivity index (χ1n) is 9.62. The molecule has 1 aromatic heterocycles. The highest BCUT2D eigenvalue weighted by Crippen LogP contribution is 2.24. The molecule has 0 aliphatic heterocycles. The second kappa shape index (κ2) is 9.22. The van der Waals surface area contributed by atoms with E-state index >= 15 is 0 Å². The Bertz CT molecular complexity index is 1070. The van der Waals surface area contributed by atoms with E-state index in [0.29, 0.717) is 22.6 Å². The molecule has 3 aromatic rings. The van der Waals surface area contributed by atoms with Gasteiger partial charge in [0.2, 0.25) is 5.91 Å². The average Bonchev–Trinajstić information content (AvgIpc) is 2.71. The van der Waals surface area contributed by atoms with Crippen LogP contribution in [0.15, 0.2) is 58.5 Å². The molecule has 2 atom stereocenters. The van der Waals surface area contributed by atoms with Crippen molar-refractivity contribution in [3.8, 4) is 0 Å². The highest BCUT2D eigenvalue weighted by Gasteiger charge is 2.21. The second-order valence-corrected chi connectivity index (χ2v) is 8.22. The predicted molar refractivity (Wildman–Crippen MR) is 115 cm³/mol. The van der Waals surface area contributed by atoms with Crippen molar-refractivity contribution in [1.82, 2.24) is 14.9 Å². The zero-order valence-electron chi connectivity index (χ0n) is 16.7. The fourth-order valence-electron chi connectivity index (χ4n) is 3.04. The molecular weight excluding hydrogens is 389 g/mol. The number of carbonyl (C=O) groups excluding carboxylic acids is 1. The monoisotopic (exact) mass is 413 g/mol. The number of thioether (sulfide) groups is 1. The molecule has 0 aliphatic carbocycles. The second-order valence-electron chi connectivity index (χ2n) is 6.91. The summed E-state index contributed by atoms with van der Waals surface area (Å²) in [5.41, 5.74) is 1.36. The summed E-state index contributed by atoms with van der Waals surface area (Å²) in [6, 6.07) is 13.0. The van der Waals surface area contributed by atoms with Gasteiger partial charge in [-0.3, -0.25) is 14.2 Å². The number of halogens is 1. The zero-order chi connectivity index (χ0) is 21.0. The van der Waals surface area contributed by atoms with E-state index in [0.717, 1.165) is 12.0 Å². The third kappa shape index (κ3) is 4.85. The van der Waals surface area contributed by atoms with Crippen LogP contribution in [0.25, 0.3) is 10.9 Å². The molecule has 152 valence electrons. The predicted octanol–water partition coefficient (Wildman–Crippen LogP) is 4.30. The Kier molecular flexibility index (Phi) is 6.69. The molecule has 0 radical (unpaired) electrons. The molecule has 3 rings (SSSR count). The summed E-state index contributed by atoms with van der Waals surface area (Å²) in [4.78, 5) is 30.2. The van der Waals surface area contributed by atoms with E-state index in [1.807, 2.05) is 26.0 Å². The number of nitrogens with zero attached hydrogens (tertiary/aromatic N) is 2. The van der Waals surface area contributed by atoms with Gasteiger partial charge in [-0.2, -0.15) is 0 Å². The van der Waals surface area contributed by atoms with Crippen LogP contribution < -0.4 is 10.9 Å². The third-order valence-electron chi connectivity index (χ3n) is 4.65. The largest absolute Gasteiger partial charge is 0.349 e. The van der Waals surface area contributed by atoms with Gasteiger partial charge in [-0.15, -0.1) is 0 Å². The molecule has 1 N–H and O–H groups in total. The summed E-state index contributed by atoms with van der Waals surface area (Å²) in [6.07, 6.45) is 0.787. The SMILES string of the molecule is CCCn1c(SC(C)C(=O)NC(C)c2ccc(F)cc2)nc2ccccc2c1=O. The summed E-state index contributed by atoms with van der Waals surface area (Å²) in [5, 5.41) is 3.60. The lowest BCUT2D eigenvalue weighted by atomic mass is 10.1. The van der Waals surface area contributed by atoms with Gasteiger partial charge in [-0.25, -0.2) is 9.37 Å². The standard InChI is InChI=1S/C22H24FN3O2S/c1-4-13-26-21(28)18-7-5-6-8-19(18)25-22(26)29-15(3)20(27)24-14(2)16-9-11-17(23)12-10-16/h5-12,14-15H,4,13H2,1-3H3,(H,24,27). The fraction of sp³-hybridized carbons (Fsp3) is 0.318. The molecule has 0 aliphatic rings. The number of aromatic nitrogens is 2. The van der Waals surface area contributed by atoms with E-state index < -0.39 is 5.25 Å². The van der Waals surface area contributed by atoms with Crippen LogP contribution in [0.2, 0.25) is 0 Å². The molecule has 2 unspecified atom stereocenters. The van der Waals surface area contributed by atoms with Crippen LogP contribution in [0.5, 0.6) is 0 Å². The van der Waals surface area contributed by atoms with E-state index in [9.17, 15) is 14.0 Å². The number of carbonyl (C=O) groups is 1. The molecule has 0 spiro atoms. The minimum absolute atomic E-state index is 0.0905. The normalized spacial score (nSPS) is 13.2. The topological polar surface area (TPSA) is 64.0 Å². The van der Waals surface area contributed by atoms with Crippen molar-refractivity contribution in [1.29, 1.82) is 0 Å². The minimum atomic E-state index is -0.450. The van der Waals surface area contributed by atoms with Crippen LogP contribution in [0, 0.1) is 5.82 Å². The smallest absolute Gasteiger partial charge is 0.262 e. The van der Waals surface area contributed by atoms with Gasteiger partial charge in [0.05, 0.1) is 22.2 Å². The molecular formula is C22H24FN3O2S. The first-order chi connectivity index (χ1) is 13.9. The lowest BCUT2D eigenvalue weighted by Crippen LogP contribution is -2.34. The molecule has 0 saturated heterocycles. The Balaban J connectivity index is 1.80. The van der Waals surface area contributed by atoms with Crippen molar-refractivity contribution in [3.63, 3.8) is 0 Å². The number of benzene rings is 2. The number of para-hydroxylation sites is 1. The average molecular weight is 414 g/mol. The number of hydrogen-bond donors (Lipinski definition) is 1. The number of rotatable bonds is 7. The summed E-state index contributed by atoms with van der Waals surface area (Å²) >= 11 is 1.27. The van der Waals surface area contributed by atoms with Crippen molar-refractivity contribution in [2.45, 2.75) is 50.2 Å². The van der Waals surface area contributed by atoms with Crippen molar-refractivity contribution in [3.05, 3.63) is 70.3 Å². The van der Waals surface area contributed by atoms with Crippen molar-refractivity contribution < 1.29 is 9.18 Å². The minimum Gasteiger partial charge on any atom is -0.349 e. The molecule has 2 aromatic carbocycles. The summed E-state index contributed by atoms with van der Waals surface area (Å²) in [7, 11) is 0. The van der Waals surface area contributed by atoms with Gasteiger partial charge in [-0.05, 0) is 50.1 Å². The highest BCUT2D eigenvalue weighted by atomic mass is 32.2. The molecule has 5 nitrogen and oxygen atoms in total. The van der Waals surface area contributed by atoms with Gasteiger partial charge in [0, 0.05) is 6.54 Å². The van der Waals surface area contributed by atoms with Crippen molar-refractivity contribution in [2.75, 3.05) is 0 Å². The Morgan fingerprint density at radius 2 is 1.86 bits per heavy atom. The molecule has 1 amide bonds. The van der Waals surface area contributed by atoms with E-state index in [2.05, 4.69) is 10.3 Å². The zero-order valence-corrected chi connectivity index (χ0v) is 17.5. The summed E-state index contributed by atoms with van der Waals surface area (Å²) in [6.45, 7) is 6.18. The van der Waals surface area contributed by atoms with Crippen LogP contribution in [-0.4, -0.2) is 20.7 Å². The van der Waals surface area contributed by atoms with Crippen LogP contribution >= 0.6 is 11.8 Å². The van der Waals surface area contributed by atoms with Gasteiger partial charge >= 0.3 is 0 Å². The summed E-state index contributed by atoms with van der Waals surface area (Å²) in [5.74, 6) is -0.482. The maximum absolute atomic E-state index is 13.1. The number of fused-ring (bicyclic) bond motifs is 1. The molecule has 0 saturated carbocycles. The maximum Gasteiger partial charge on any atom is 0.262 e. The van der Waals surface area contributed by atoms with E-state index in [1.54, 1.807) is 35.8 Å². The summed E-state index contributed by atoms with van der Waals surface area (Å²) < 4.78 is 14.7. The van der Waals surface area contributed by atoms with Crippen molar-refractivity contribution in [2.24, 2.45) is 0 Å². The molecule has 0 fully saturated rings. The molecule has 7 heteroatoms. The lowest BCUT2D eigenvalue weighted by molar-refractivity contribution is -0.120. The van der Waals surface area contributed by atoms with Crippen LogP contribution in [0.4, 0.5) is 4.39 Å². The van der Waals surface area contributed by atoms with Crippen LogP contribution in [0.1, 0.15) is 38.8 Å². The maximum atomic E-state index is 13.1. The van der Waals surface area contributed by atoms with Gasteiger partial charge in [0.25, 0.3) is 5.56 Å². The number of hydrogen-bond acceptors (Lipinski definition) is 4. The van der Waals surface area contributed by atoms with E-state index in [1.165, 1.54) is 23.9 Å². The molecule has 0 bridgehead atoms. The van der Waals surface area contributed by atoms with Gasteiger partial charge < -0.3 is 5.32 Å². The Morgan fingerprint density at radius 1 is 1.17 bits per heavy atom. The first-order valence-corrected chi connectivity index (χ1v) is 10.5. The van der Waals surface area contributed by atoms with Gasteiger partial charge in [-0.1, -0.05) is 43.0 Å². The Morgan fingerprint density at radius 3 is 2.55 bits per heavy atom. The Hall–Kier alpha value is -2.67. The first kappa shape index (κ1) is 21.0. The van der Waals surface area contributed by atoms with Gasteiger partial charge in [0.15, 0.2) is 5.16 Å².